The van der Waals surface area contributed by atoms with Crippen molar-refractivity contribution >= 4 is 22.6 Å². The monoisotopic (exact) mass is 262 g/mol. The van der Waals surface area contributed by atoms with Crippen molar-refractivity contribution in [1.82, 2.24) is 20.0 Å². The Hall–Kier alpha value is -1.16. The summed E-state index contributed by atoms with van der Waals surface area (Å²) < 4.78 is 2.07. The lowest BCUT2D eigenvalue weighted by atomic mass is 9.85. The zero-order valence-corrected chi connectivity index (χ0v) is 10.8. The average molecular weight is 263 g/mol. The van der Waals surface area contributed by atoms with Crippen LogP contribution in [0.1, 0.15) is 38.1 Å². The molecule has 18 heavy (non-hydrogen) atoms. The minimum Gasteiger partial charge on any atom is -0.243 e. The number of nitrogens with zero attached hydrogens (tertiary/aromatic N) is 4. The smallest absolute Gasteiger partial charge is 0.180 e. The zero-order valence-electron chi connectivity index (χ0n) is 10.1. The summed E-state index contributed by atoms with van der Waals surface area (Å²) >= 11 is 5.86. The van der Waals surface area contributed by atoms with E-state index in [0.29, 0.717) is 11.2 Å². The van der Waals surface area contributed by atoms with Crippen molar-refractivity contribution < 1.29 is 0 Å². The van der Waals surface area contributed by atoms with Crippen LogP contribution in [0.25, 0.3) is 11.0 Å². The highest BCUT2D eigenvalue weighted by Crippen LogP contribution is 2.46. The van der Waals surface area contributed by atoms with Gasteiger partial charge in [0.15, 0.2) is 10.8 Å². The summed E-state index contributed by atoms with van der Waals surface area (Å²) in [6.45, 7) is 0. The minimum absolute atomic E-state index is 0.436. The number of hydrogen-bond donors (Lipinski definition) is 0. The molecular weight excluding hydrogens is 248 g/mol. The van der Waals surface area contributed by atoms with Crippen LogP contribution < -0.4 is 0 Å². The third kappa shape index (κ3) is 1.62. The molecular formula is C13H15ClN4. The average Bonchev–Trinajstić information content (AvgIpc) is 2.92. The molecule has 2 bridgehead atoms. The van der Waals surface area contributed by atoms with Gasteiger partial charge in [-0.25, -0.2) is 4.68 Å². The van der Waals surface area contributed by atoms with Crippen LogP contribution in [0.15, 0.2) is 12.3 Å². The lowest BCUT2D eigenvalue weighted by molar-refractivity contribution is 0.251. The number of rotatable bonds is 1. The van der Waals surface area contributed by atoms with Gasteiger partial charge in [0.1, 0.15) is 0 Å². The fourth-order valence-electron chi connectivity index (χ4n) is 3.77. The van der Waals surface area contributed by atoms with Gasteiger partial charge in [-0.15, -0.1) is 10.2 Å². The minimum atomic E-state index is 0.436. The molecule has 2 aliphatic carbocycles. The van der Waals surface area contributed by atoms with Crippen LogP contribution in [-0.2, 0) is 0 Å². The van der Waals surface area contributed by atoms with E-state index in [1.54, 1.807) is 0 Å². The van der Waals surface area contributed by atoms with Crippen LogP contribution in [0.2, 0.25) is 5.15 Å². The number of hydrogen-bond acceptors (Lipinski definition) is 3. The Bertz CT molecular complexity index is 582. The van der Waals surface area contributed by atoms with E-state index in [-0.39, 0.29) is 0 Å². The first-order valence-electron chi connectivity index (χ1n) is 6.66. The van der Waals surface area contributed by atoms with Gasteiger partial charge in [0.2, 0.25) is 0 Å². The first-order valence-corrected chi connectivity index (χ1v) is 7.04. The normalized spacial score (nSPS) is 31.1. The van der Waals surface area contributed by atoms with Gasteiger partial charge in [-0.1, -0.05) is 24.4 Å². The maximum atomic E-state index is 5.86. The summed E-state index contributed by atoms with van der Waals surface area (Å²) in [5, 5.41) is 14.1. The molecule has 4 rings (SSSR count). The number of fused-ring (bicyclic) bond motifs is 3. The Balaban J connectivity index is 1.74. The third-order valence-corrected chi connectivity index (χ3v) is 4.70. The van der Waals surface area contributed by atoms with Crippen LogP contribution >= 0.6 is 11.6 Å². The SMILES string of the molecule is Clc1cc2cnn(C3CC4CC[C@@H](C4)C3)c2nn1. The van der Waals surface area contributed by atoms with E-state index >= 15 is 0 Å². The first kappa shape index (κ1) is 10.7. The number of aromatic nitrogens is 4. The van der Waals surface area contributed by atoms with Crippen LogP contribution in [0.3, 0.4) is 0 Å². The Kier molecular flexibility index (Phi) is 2.34. The molecule has 94 valence electrons. The maximum Gasteiger partial charge on any atom is 0.180 e. The molecule has 0 amide bonds. The molecule has 5 heteroatoms. The largest absolute Gasteiger partial charge is 0.243 e. The van der Waals surface area contributed by atoms with Gasteiger partial charge in [-0.05, 0) is 37.2 Å². The number of halogens is 1. The van der Waals surface area contributed by atoms with Crippen LogP contribution in [0.5, 0.6) is 0 Å². The highest BCUT2D eigenvalue weighted by molar-refractivity contribution is 6.29. The van der Waals surface area contributed by atoms with E-state index in [1.165, 1.54) is 32.1 Å². The summed E-state index contributed by atoms with van der Waals surface area (Å²) in [6, 6.07) is 2.34. The molecule has 4 nitrogen and oxygen atoms in total. The quantitative estimate of drug-likeness (QED) is 0.792. The van der Waals surface area contributed by atoms with Crippen LogP contribution in [-0.4, -0.2) is 20.0 Å². The second kappa shape index (κ2) is 3.92. The van der Waals surface area contributed by atoms with Crippen molar-refractivity contribution in [3.05, 3.63) is 17.4 Å². The van der Waals surface area contributed by atoms with E-state index < -0.39 is 0 Å². The molecule has 0 radical (unpaired) electrons. The first-order chi connectivity index (χ1) is 8.79. The van der Waals surface area contributed by atoms with Crippen LogP contribution in [0.4, 0.5) is 0 Å². The summed E-state index contributed by atoms with van der Waals surface area (Å²) in [7, 11) is 0. The lowest BCUT2D eigenvalue weighted by Gasteiger charge is -2.27. The van der Waals surface area contributed by atoms with Crippen molar-refractivity contribution in [1.29, 1.82) is 0 Å². The van der Waals surface area contributed by atoms with Gasteiger partial charge in [0.05, 0.1) is 12.2 Å². The molecule has 2 unspecified atom stereocenters. The van der Waals surface area contributed by atoms with E-state index in [1.807, 2.05) is 12.3 Å². The molecule has 2 aromatic heterocycles. The maximum absolute atomic E-state index is 5.86. The standard InChI is InChI=1S/C13H15ClN4/c14-12-6-10-7-15-18(13(10)17-16-12)11-4-8-1-2-9(3-8)5-11/h6-9,11H,1-5H2/t8-,9?,11?/m0/s1. The zero-order chi connectivity index (χ0) is 12.1. The molecule has 2 saturated carbocycles. The van der Waals surface area contributed by atoms with Gasteiger partial charge in [-0.3, -0.25) is 0 Å². The van der Waals surface area contributed by atoms with E-state index in [4.69, 9.17) is 11.6 Å². The van der Waals surface area contributed by atoms with Gasteiger partial charge in [0, 0.05) is 5.39 Å². The molecule has 0 saturated heterocycles. The van der Waals surface area contributed by atoms with E-state index in [2.05, 4.69) is 20.0 Å². The van der Waals surface area contributed by atoms with Crippen LogP contribution in [0, 0.1) is 11.8 Å². The van der Waals surface area contributed by atoms with Crippen molar-refractivity contribution in [3.8, 4) is 0 Å². The summed E-state index contributed by atoms with van der Waals surface area (Å²) in [6.07, 6.45) is 8.57. The van der Waals surface area contributed by atoms with Crippen molar-refractivity contribution in [2.24, 2.45) is 11.8 Å². The lowest BCUT2D eigenvalue weighted by Crippen LogP contribution is -2.20. The Morgan fingerprint density at radius 2 is 1.89 bits per heavy atom. The Morgan fingerprint density at radius 3 is 2.67 bits per heavy atom. The van der Waals surface area contributed by atoms with E-state index in [9.17, 15) is 0 Å². The third-order valence-electron chi connectivity index (χ3n) is 4.52. The summed E-state index contributed by atoms with van der Waals surface area (Å²) in [5.74, 6) is 1.79. The predicted octanol–water partition coefficient (Wildman–Crippen LogP) is 3.23. The molecule has 2 aromatic rings. The molecule has 0 aliphatic heterocycles. The fraction of sp³-hybridized carbons (Fsp3) is 0.615. The molecule has 2 aliphatic rings. The fourth-order valence-corrected chi connectivity index (χ4v) is 3.92. The highest BCUT2D eigenvalue weighted by atomic mass is 35.5. The molecule has 0 aromatic carbocycles. The highest BCUT2D eigenvalue weighted by Gasteiger charge is 2.35. The summed E-state index contributed by atoms with van der Waals surface area (Å²) in [4.78, 5) is 0. The predicted molar refractivity (Wildman–Crippen MR) is 69.4 cm³/mol. The Labute approximate surface area is 110 Å². The van der Waals surface area contributed by atoms with Crippen molar-refractivity contribution in [3.63, 3.8) is 0 Å². The molecule has 2 heterocycles. The van der Waals surface area contributed by atoms with Gasteiger partial charge in [0.25, 0.3) is 0 Å². The molecule has 0 spiro atoms. The molecule has 2 fully saturated rings. The molecule has 0 N–H and O–H groups in total. The molecule has 3 atom stereocenters. The van der Waals surface area contributed by atoms with Crippen molar-refractivity contribution in [2.45, 2.75) is 38.1 Å². The van der Waals surface area contributed by atoms with Gasteiger partial charge >= 0.3 is 0 Å². The second-order valence-electron chi connectivity index (χ2n) is 5.71. The van der Waals surface area contributed by atoms with Gasteiger partial charge < -0.3 is 0 Å². The topological polar surface area (TPSA) is 43.6 Å². The second-order valence-corrected chi connectivity index (χ2v) is 6.09. The Morgan fingerprint density at radius 1 is 1.11 bits per heavy atom. The van der Waals surface area contributed by atoms with Crippen molar-refractivity contribution in [2.75, 3.05) is 0 Å². The van der Waals surface area contributed by atoms with E-state index in [0.717, 1.165) is 22.9 Å². The summed E-state index contributed by atoms with van der Waals surface area (Å²) in [5.41, 5.74) is 0.880. The van der Waals surface area contributed by atoms with Gasteiger partial charge in [-0.2, -0.15) is 5.10 Å².